The van der Waals surface area contributed by atoms with E-state index in [0.29, 0.717) is 29.1 Å². The highest BCUT2D eigenvalue weighted by atomic mass is 16.5. The van der Waals surface area contributed by atoms with E-state index in [1.54, 1.807) is 0 Å². The molecule has 242 valence electrons. The van der Waals surface area contributed by atoms with Crippen LogP contribution in [0.5, 0.6) is 0 Å². The highest BCUT2D eigenvalue weighted by Crippen LogP contribution is 2.34. The number of nitrogens with zero attached hydrogens (tertiary/aromatic N) is 4. The zero-order valence-electron chi connectivity index (χ0n) is 28.1. The maximum absolute atomic E-state index is 13.8. The maximum atomic E-state index is 13.8. The van der Waals surface area contributed by atoms with Crippen LogP contribution < -0.4 is 20.7 Å². The molecule has 0 spiro atoms. The van der Waals surface area contributed by atoms with Crippen LogP contribution in [0.4, 0.5) is 11.5 Å². The lowest BCUT2D eigenvalue weighted by molar-refractivity contribution is 0.0846. The van der Waals surface area contributed by atoms with Crippen molar-refractivity contribution in [1.29, 1.82) is 0 Å². The van der Waals surface area contributed by atoms with Crippen molar-refractivity contribution in [3.05, 3.63) is 74.8 Å². The highest BCUT2D eigenvalue weighted by molar-refractivity contribution is 5.99. The van der Waals surface area contributed by atoms with Crippen molar-refractivity contribution in [1.82, 2.24) is 20.2 Å². The van der Waals surface area contributed by atoms with Gasteiger partial charge in [-0.25, -0.2) is 4.98 Å². The zero-order valence-corrected chi connectivity index (χ0v) is 28.1. The minimum absolute atomic E-state index is 0.163. The number of anilines is 2. The van der Waals surface area contributed by atoms with Crippen LogP contribution in [0.2, 0.25) is 0 Å². The van der Waals surface area contributed by atoms with E-state index in [1.807, 2.05) is 39.1 Å². The number of carbonyl (C=O) groups is 1. The molecule has 2 atom stereocenters. The molecule has 2 fully saturated rings. The molecule has 0 aliphatic carbocycles. The van der Waals surface area contributed by atoms with Crippen molar-refractivity contribution >= 4 is 17.4 Å². The molecule has 2 aromatic heterocycles. The van der Waals surface area contributed by atoms with Crippen molar-refractivity contribution in [2.45, 2.75) is 72.5 Å². The number of nitrogens with one attached hydrogen (secondary N) is 2. The smallest absolute Gasteiger partial charge is 0.253 e. The number of piperidine rings is 1. The van der Waals surface area contributed by atoms with E-state index >= 15 is 0 Å². The second-order valence-electron chi connectivity index (χ2n) is 13.1. The van der Waals surface area contributed by atoms with E-state index in [0.717, 1.165) is 91.6 Å². The van der Waals surface area contributed by atoms with Crippen molar-refractivity contribution in [2.24, 2.45) is 5.92 Å². The Bertz CT molecular complexity index is 1540. The van der Waals surface area contributed by atoms with Crippen molar-refractivity contribution in [3.63, 3.8) is 0 Å². The number of ether oxygens (including phenoxy) is 1. The van der Waals surface area contributed by atoms with Crippen LogP contribution in [0.15, 0.2) is 41.3 Å². The van der Waals surface area contributed by atoms with Gasteiger partial charge in [0, 0.05) is 85.7 Å². The van der Waals surface area contributed by atoms with Gasteiger partial charge in [-0.2, -0.15) is 0 Å². The number of pyridine rings is 2. The van der Waals surface area contributed by atoms with Crippen LogP contribution in [0.3, 0.4) is 0 Å². The molecule has 1 aromatic carbocycles. The van der Waals surface area contributed by atoms with Crippen LogP contribution in [-0.4, -0.2) is 79.8 Å². The van der Waals surface area contributed by atoms with Crippen LogP contribution in [0.25, 0.3) is 11.1 Å². The Labute approximate surface area is 268 Å². The quantitative estimate of drug-likeness (QED) is 0.348. The molecule has 2 aliphatic heterocycles. The van der Waals surface area contributed by atoms with Crippen LogP contribution >= 0.6 is 0 Å². The molecule has 9 heteroatoms. The molecule has 4 heterocycles. The fraction of sp³-hybridized carbons (Fsp3) is 0.528. The predicted molar refractivity (Wildman–Crippen MR) is 182 cm³/mol. The summed E-state index contributed by atoms with van der Waals surface area (Å²) in [6.45, 7) is 14.7. The third kappa shape index (κ3) is 7.25. The Balaban J connectivity index is 1.46. The van der Waals surface area contributed by atoms with Gasteiger partial charge in [0.15, 0.2) is 0 Å². The standard InChI is InChI=1S/C36H50N6O3/c1-8-42(29-12-15-45-16-13-29)33-19-28(27-9-10-34(37-20-27)41-14-11-32(40(6)7)24(3)22-41)18-30(26(33)5)35(43)38-21-31-23(2)17-25(4)39-36(31)44/h9-10,17-20,24,29,32H,8,11-16,21-22H2,1-7H3,(H,38,43)(H,39,44)/t24-,32?/m1/s1. The second kappa shape index (κ2) is 14.2. The largest absolute Gasteiger partial charge is 0.381 e. The predicted octanol–water partition coefficient (Wildman–Crippen LogP) is 5.07. The first-order valence-electron chi connectivity index (χ1n) is 16.4. The van der Waals surface area contributed by atoms with Gasteiger partial charge < -0.3 is 29.7 Å². The molecule has 2 saturated heterocycles. The van der Waals surface area contributed by atoms with E-state index in [1.165, 1.54) is 0 Å². The Hall–Kier alpha value is -3.69. The molecule has 2 aliphatic rings. The van der Waals surface area contributed by atoms with E-state index in [-0.39, 0.29) is 18.0 Å². The van der Waals surface area contributed by atoms with Crippen LogP contribution in [0, 0.1) is 26.7 Å². The number of aryl methyl sites for hydroxylation is 2. The SMILES string of the molecule is CCN(c1cc(-c2ccc(N3CCC(N(C)C)[C@H](C)C3)nc2)cc(C(=O)NCc2c(C)cc(C)[nH]c2=O)c1C)C1CCOCC1. The molecule has 0 bridgehead atoms. The van der Waals surface area contributed by atoms with Gasteiger partial charge >= 0.3 is 0 Å². The number of amides is 1. The average Bonchev–Trinajstić information content (AvgIpc) is 3.02. The molecule has 5 rings (SSSR count). The first-order valence-corrected chi connectivity index (χ1v) is 16.4. The Morgan fingerprint density at radius 2 is 1.84 bits per heavy atom. The number of hydrogen-bond donors (Lipinski definition) is 2. The molecule has 0 saturated carbocycles. The Morgan fingerprint density at radius 1 is 1.09 bits per heavy atom. The van der Waals surface area contributed by atoms with Crippen molar-refractivity contribution < 1.29 is 9.53 Å². The lowest BCUT2D eigenvalue weighted by Gasteiger charge is -2.40. The summed E-state index contributed by atoms with van der Waals surface area (Å²) in [6.07, 6.45) is 4.96. The van der Waals surface area contributed by atoms with E-state index in [9.17, 15) is 9.59 Å². The van der Waals surface area contributed by atoms with Gasteiger partial charge in [0.1, 0.15) is 5.82 Å². The number of benzene rings is 1. The minimum atomic E-state index is -0.194. The van der Waals surface area contributed by atoms with Crippen molar-refractivity contribution in [3.8, 4) is 11.1 Å². The van der Waals surface area contributed by atoms with Gasteiger partial charge in [0.25, 0.3) is 11.5 Å². The topological polar surface area (TPSA) is 93.8 Å². The normalized spacial score (nSPS) is 19.2. The first-order chi connectivity index (χ1) is 21.6. The second-order valence-corrected chi connectivity index (χ2v) is 13.1. The minimum Gasteiger partial charge on any atom is -0.381 e. The van der Waals surface area contributed by atoms with E-state index < -0.39 is 0 Å². The summed E-state index contributed by atoms with van der Waals surface area (Å²) in [5, 5.41) is 3.04. The fourth-order valence-corrected chi connectivity index (χ4v) is 7.24. The lowest BCUT2D eigenvalue weighted by atomic mass is 9.93. The summed E-state index contributed by atoms with van der Waals surface area (Å²) >= 11 is 0. The van der Waals surface area contributed by atoms with Gasteiger partial charge in [-0.15, -0.1) is 0 Å². The van der Waals surface area contributed by atoms with Gasteiger partial charge in [-0.3, -0.25) is 9.59 Å². The molecule has 1 unspecified atom stereocenters. The third-order valence-corrected chi connectivity index (χ3v) is 9.75. The summed E-state index contributed by atoms with van der Waals surface area (Å²) < 4.78 is 5.67. The molecular weight excluding hydrogens is 564 g/mol. The summed E-state index contributed by atoms with van der Waals surface area (Å²) in [5.74, 6) is 1.35. The highest BCUT2D eigenvalue weighted by Gasteiger charge is 2.28. The molecule has 3 aromatic rings. The summed E-state index contributed by atoms with van der Waals surface area (Å²) in [5.41, 5.74) is 6.60. The number of aromatic nitrogens is 2. The number of carbonyl (C=O) groups excluding carboxylic acids is 1. The molecule has 9 nitrogen and oxygen atoms in total. The Morgan fingerprint density at radius 3 is 2.47 bits per heavy atom. The zero-order chi connectivity index (χ0) is 32.2. The van der Waals surface area contributed by atoms with E-state index in [2.05, 4.69) is 71.1 Å². The maximum Gasteiger partial charge on any atom is 0.253 e. The van der Waals surface area contributed by atoms with Gasteiger partial charge in [-0.1, -0.05) is 6.92 Å². The van der Waals surface area contributed by atoms with Crippen molar-refractivity contribution in [2.75, 3.05) is 56.7 Å². The van der Waals surface area contributed by atoms with Crippen LogP contribution in [0.1, 0.15) is 65.9 Å². The number of rotatable bonds is 9. The fourth-order valence-electron chi connectivity index (χ4n) is 7.24. The first kappa shape index (κ1) is 32.7. The van der Waals surface area contributed by atoms with Gasteiger partial charge in [0.05, 0.1) is 0 Å². The van der Waals surface area contributed by atoms with Crippen LogP contribution in [-0.2, 0) is 11.3 Å². The molecular formula is C36H50N6O3. The number of H-pyrrole nitrogens is 1. The summed E-state index contributed by atoms with van der Waals surface area (Å²) in [6, 6.07) is 11.3. The summed E-state index contributed by atoms with van der Waals surface area (Å²) in [4.78, 5) is 41.4. The molecule has 1 amide bonds. The third-order valence-electron chi connectivity index (χ3n) is 9.75. The monoisotopic (exact) mass is 614 g/mol. The van der Waals surface area contributed by atoms with E-state index in [4.69, 9.17) is 9.72 Å². The average molecular weight is 615 g/mol. The Kier molecular flexibility index (Phi) is 10.3. The summed E-state index contributed by atoms with van der Waals surface area (Å²) in [7, 11) is 4.33. The van der Waals surface area contributed by atoms with Gasteiger partial charge in [0.2, 0.25) is 0 Å². The number of hydrogen-bond acceptors (Lipinski definition) is 7. The number of aromatic amines is 1. The molecule has 0 radical (unpaired) electrons. The molecule has 2 N–H and O–H groups in total. The lowest BCUT2D eigenvalue weighted by Crippen LogP contribution is -2.48. The molecule has 45 heavy (non-hydrogen) atoms. The van der Waals surface area contributed by atoms with Gasteiger partial charge in [-0.05, 0) is 114 Å².